The van der Waals surface area contributed by atoms with E-state index in [-0.39, 0.29) is 0 Å². The number of hydrogen-bond acceptors (Lipinski definition) is 2. The Hall–Kier alpha value is -0.120. The first kappa shape index (κ1) is 11.9. The van der Waals surface area contributed by atoms with E-state index < -0.39 is 6.57 Å². The van der Waals surface area contributed by atoms with Crippen molar-refractivity contribution in [2.75, 3.05) is 26.2 Å². The van der Waals surface area contributed by atoms with Crippen molar-refractivity contribution in [2.45, 2.75) is 6.92 Å². The third-order valence-corrected chi connectivity index (χ3v) is 7.63. The highest BCUT2D eigenvalue weighted by Gasteiger charge is 2.46. The van der Waals surface area contributed by atoms with Crippen LogP contribution in [0.25, 0.3) is 0 Å². The van der Waals surface area contributed by atoms with Crippen molar-refractivity contribution in [3.8, 4) is 5.75 Å². The molecular weight excluding hydrogens is 275 g/mol. The molecule has 1 aromatic carbocycles. The van der Waals surface area contributed by atoms with Crippen molar-refractivity contribution in [3.63, 3.8) is 0 Å². The lowest BCUT2D eigenvalue weighted by Crippen LogP contribution is -2.09. The number of halogens is 1. The molecule has 2 aliphatic heterocycles. The highest BCUT2D eigenvalue weighted by Crippen LogP contribution is 2.60. The van der Waals surface area contributed by atoms with Crippen LogP contribution in [0.5, 0.6) is 5.75 Å². The first-order valence-electron chi connectivity index (χ1n) is 5.66. The van der Waals surface area contributed by atoms with E-state index in [1.54, 1.807) is 0 Å². The lowest BCUT2D eigenvalue weighted by molar-refractivity contribution is 0.531. The van der Waals surface area contributed by atoms with Crippen LogP contribution in [0.4, 0.5) is 0 Å². The summed E-state index contributed by atoms with van der Waals surface area (Å²) in [4.78, 5) is 0. The first-order chi connectivity index (χ1) is 8.09. The second kappa shape index (κ2) is 4.22. The molecule has 0 radical (unpaired) electrons. The van der Waals surface area contributed by atoms with Gasteiger partial charge in [-0.25, -0.2) is 9.34 Å². The van der Waals surface area contributed by atoms with Crippen molar-refractivity contribution < 1.29 is 4.52 Å². The van der Waals surface area contributed by atoms with E-state index in [0.717, 1.165) is 42.5 Å². The van der Waals surface area contributed by atoms with Gasteiger partial charge >= 0.3 is 0 Å². The maximum absolute atomic E-state index is 6.10. The van der Waals surface area contributed by atoms with Crippen molar-refractivity contribution in [2.24, 2.45) is 0 Å². The van der Waals surface area contributed by atoms with Gasteiger partial charge in [-0.3, -0.25) is 0 Å². The van der Waals surface area contributed by atoms with Crippen LogP contribution in [0, 0.1) is 6.92 Å². The van der Waals surface area contributed by atoms with Crippen LogP contribution in [0.2, 0.25) is 5.02 Å². The highest BCUT2D eigenvalue weighted by atomic mass is 35.5. The maximum Gasteiger partial charge on any atom is 0.253 e. The van der Waals surface area contributed by atoms with E-state index in [2.05, 4.69) is 9.34 Å². The molecule has 0 saturated carbocycles. The predicted octanol–water partition coefficient (Wildman–Crippen LogP) is 2.88. The van der Waals surface area contributed by atoms with Crippen molar-refractivity contribution >= 4 is 30.0 Å². The van der Waals surface area contributed by atoms with Crippen LogP contribution < -0.4 is 4.52 Å². The number of benzene rings is 1. The largest absolute Gasteiger partial charge is 0.441 e. The minimum absolute atomic E-state index is 0.768. The van der Waals surface area contributed by atoms with E-state index in [9.17, 15) is 0 Å². The summed E-state index contributed by atoms with van der Waals surface area (Å²) < 4.78 is 10.6. The number of aryl methyl sites for hydroxylation is 1. The Balaban J connectivity index is 1.84. The van der Waals surface area contributed by atoms with Gasteiger partial charge in [0.15, 0.2) is 0 Å². The van der Waals surface area contributed by atoms with Crippen LogP contribution >= 0.6 is 18.2 Å². The summed E-state index contributed by atoms with van der Waals surface area (Å²) in [5.41, 5.74) is 1.03. The fourth-order valence-corrected chi connectivity index (χ4v) is 5.22. The molecule has 0 N–H and O–H groups in total. The number of rotatable bonds is 4. The average molecular weight is 289 g/mol. The summed E-state index contributed by atoms with van der Waals surface area (Å²) in [6.07, 6.45) is 0. The molecule has 2 heterocycles. The third kappa shape index (κ3) is 2.38. The van der Waals surface area contributed by atoms with Gasteiger partial charge in [-0.15, -0.1) is 0 Å². The molecule has 3 nitrogen and oxygen atoms in total. The zero-order chi connectivity index (χ0) is 12.0. The molecule has 0 atom stereocenters. The maximum atomic E-state index is 6.10. The van der Waals surface area contributed by atoms with Gasteiger partial charge in [0.2, 0.25) is 0 Å². The Morgan fingerprint density at radius 2 is 1.82 bits per heavy atom. The molecule has 92 valence electrons. The van der Waals surface area contributed by atoms with E-state index in [0.29, 0.717) is 0 Å². The molecule has 1 aromatic rings. The molecule has 3 rings (SSSR count). The smallest absolute Gasteiger partial charge is 0.253 e. The van der Waals surface area contributed by atoms with Gasteiger partial charge in [-0.05, 0) is 42.5 Å². The number of nitrogens with zero attached hydrogens (tertiary/aromatic N) is 2. The fraction of sp³-hybridized carbons (Fsp3) is 0.455. The van der Waals surface area contributed by atoms with Crippen LogP contribution in [0.1, 0.15) is 5.56 Å². The van der Waals surface area contributed by atoms with Gasteiger partial charge in [-0.1, -0.05) is 11.6 Å². The summed E-state index contributed by atoms with van der Waals surface area (Å²) in [6, 6.07) is 5.75. The lowest BCUT2D eigenvalue weighted by atomic mass is 10.2. The Labute approximate surface area is 111 Å². The topological polar surface area (TPSA) is 15.2 Å². The minimum Gasteiger partial charge on any atom is -0.441 e. The zero-order valence-corrected chi connectivity index (χ0v) is 12.1. The second-order valence-corrected chi connectivity index (χ2v) is 8.53. The molecule has 6 heteroatoms. The summed E-state index contributed by atoms with van der Waals surface area (Å²) in [7, 11) is 0. The van der Waals surface area contributed by atoms with Crippen molar-refractivity contribution in [1.29, 1.82) is 0 Å². The molecule has 0 spiro atoms. The Bertz CT molecular complexity index is 486. The first-order valence-corrected chi connectivity index (χ1v) is 8.66. The van der Waals surface area contributed by atoms with Gasteiger partial charge < -0.3 is 4.52 Å². The van der Waals surface area contributed by atoms with Gasteiger partial charge in [0.25, 0.3) is 6.57 Å². The van der Waals surface area contributed by atoms with Gasteiger partial charge in [0, 0.05) is 31.2 Å². The molecule has 2 fully saturated rings. The van der Waals surface area contributed by atoms with Crippen LogP contribution in [-0.2, 0) is 11.8 Å². The van der Waals surface area contributed by atoms with E-state index in [1.165, 1.54) is 0 Å². The van der Waals surface area contributed by atoms with Crippen molar-refractivity contribution in [3.05, 3.63) is 28.8 Å². The molecule has 0 unspecified atom stereocenters. The molecule has 0 aliphatic carbocycles. The van der Waals surface area contributed by atoms with Gasteiger partial charge in [0.1, 0.15) is 5.75 Å². The highest BCUT2D eigenvalue weighted by molar-refractivity contribution is 8.10. The SMILES string of the molecule is Cc1cc(OP(=S)(N2CC2)N2CC2)ccc1Cl. The Kier molecular flexibility index (Phi) is 2.96. The van der Waals surface area contributed by atoms with Crippen molar-refractivity contribution in [1.82, 2.24) is 9.34 Å². The van der Waals surface area contributed by atoms with E-state index in [4.69, 9.17) is 27.9 Å². The monoisotopic (exact) mass is 288 g/mol. The summed E-state index contributed by atoms with van der Waals surface area (Å²) in [5, 5.41) is 0.768. The molecule has 0 aromatic heterocycles. The number of hydrogen-bond donors (Lipinski definition) is 0. The van der Waals surface area contributed by atoms with Crippen LogP contribution in [0.15, 0.2) is 18.2 Å². The second-order valence-electron chi connectivity index (χ2n) is 4.40. The normalized spacial score (nSPS) is 20.4. The molecule has 0 bridgehead atoms. The lowest BCUT2D eigenvalue weighted by Gasteiger charge is -2.25. The van der Waals surface area contributed by atoms with E-state index in [1.807, 2.05) is 25.1 Å². The summed E-state index contributed by atoms with van der Waals surface area (Å²) in [6.45, 7) is 4.32. The molecule has 2 saturated heterocycles. The van der Waals surface area contributed by atoms with Gasteiger partial charge in [0.05, 0.1) is 0 Å². The molecular formula is C11H14ClN2OPS. The Morgan fingerprint density at radius 1 is 1.24 bits per heavy atom. The van der Waals surface area contributed by atoms with Crippen LogP contribution in [0.3, 0.4) is 0 Å². The Morgan fingerprint density at radius 3 is 2.29 bits per heavy atom. The van der Waals surface area contributed by atoms with Gasteiger partial charge in [-0.2, -0.15) is 0 Å². The summed E-state index contributed by atoms with van der Waals surface area (Å²) >= 11 is 11.7. The quantitative estimate of drug-likeness (QED) is 0.625. The molecule has 0 amide bonds. The summed E-state index contributed by atoms with van der Waals surface area (Å²) in [5.74, 6) is 0.842. The predicted molar refractivity (Wildman–Crippen MR) is 74.2 cm³/mol. The van der Waals surface area contributed by atoms with E-state index >= 15 is 0 Å². The molecule has 17 heavy (non-hydrogen) atoms. The third-order valence-electron chi connectivity index (χ3n) is 2.92. The minimum atomic E-state index is -1.94. The molecule has 2 aliphatic rings. The standard InChI is InChI=1S/C11H14ClN2OPS/c1-9-8-10(2-3-11(9)12)15-16(17,13-4-5-13)14-6-7-14/h2-3,8H,4-7H2,1H3. The zero-order valence-electron chi connectivity index (χ0n) is 9.60. The fourth-order valence-electron chi connectivity index (χ4n) is 1.70. The average Bonchev–Trinajstić information content (AvgIpc) is 3.17. The van der Waals surface area contributed by atoms with Crippen LogP contribution in [-0.4, -0.2) is 35.5 Å².